The molecule has 0 spiro atoms. The normalized spacial score (nSPS) is 10.6. The summed E-state index contributed by atoms with van der Waals surface area (Å²) in [5.74, 6) is 0. The summed E-state index contributed by atoms with van der Waals surface area (Å²) in [7, 11) is 0. The second-order valence-electron chi connectivity index (χ2n) is 3.30. The van der Waals surface area contributed by atoms with E-state index in [2.05, 4.69) is 4.98 Å². The molecule has 0 saturated carbocycles. The Hall–Kier alpha value is -1.42. The van der Waals surface area contributed by atoms with Gasteiger partial charge in [-0.05, 0) is 18.6 Å². The Labute approximate surface area is 87.6 Å². The van der Waals surface area contributed by atoms with E-state index in [-0.39, 0.29) is 0 Å². The summed E-state index contributed by atoms with van der Waals surface area (Å²) >= 11 is 4.84. The molecule has 0 atom stereocenters. The number of thiocarbonyl (C=S) groups is 1. The van der Waals surface area contributed by atoms with Gasteiger partial charge in [0.2, 0.25) is 0 Å². The van der Waals surface area contributed by atoms with Crippen molar-refractivity contribution in [3.63, 3.8) is 0 Å². The maximum Gasteiger partial charge on any atom is 0.139 e. The van der Waals surface area contributed by atoms with Crippen LogP contribution in [0.25, 0.3) is 5.65 Å². The SMILES string of the molecule is Cc1cccn2cc(CC(N)=S)nc12. The molecule has 2 aromatic heterocycles. The first kappa shape index (κ1) is 9.15. The van der Waals surface area contributed by atoms with Gasteiger partial charge in [-0.3, -0.25) is 0 Å². The average Bonchev–Trinajstić information content (AvgIpc) is 2.47. The minimum absolute atomic E-state index is 0.478. The summed E-state index contributed by atoms with van der Waals surface area (Å²) < 4.78 is 1.99. The van der Waals surface area contributed by atoms with Crippen molar-refractivity contribution in [2.45, 2.75) is 13.3 Å². The molecule has 2 aromatic rings. The van der Waals surface area contributed by atoms with Gasteiger partial charge in [0.15, 0.2) is 0 Å². The van der Waals surface area contributed by atoms with Crippen LogP contribution in [0.15, 0.2) is 24.5 Å². The molecule has 0 amide bonds. The van der Waals surface area contributed by atoms with Crippen molar-refractivity contribution in [2.75, 3.05) is 0 Å². The minimum Gasteiger partial charge on any atom is -0.393 e. The average molecular weight is 205 g/mol. The second kappa shape index (κ2) is 3.38. The number of aryl methyl sites for hydroxylation is 1. The summed E-state index contributed by atoms with van der Waals surface area (Å²) in [6.07, 6.45) is 4.50. The number of aromatic nitrogens is 2. The molecule has 0 fully saturated rings. The lowest BCUT2D eigenvalue weighted by molar-refractivity contribution is 1.16. The Morgan fingerprint density at radius 3 is 3.07 bits per heavy atom. The molecule has 2 N–H and O–H groups in total. The number of hydrogen-bond donors (Lipinski definition) is 1. The van der Waals surface area contributed by atoms with Crippen LogP contribution in [0.4, 0.5) is 0 Å². The molecule has 0 aliphatic rings. The van der Waals surface area contributed by atoms with Crippen molar-refractivity contribution >= 4 is 22.9 Å². The van der Waals surface area contributed by atoms with E-state index in [9.17, 15) is 0 Å². The molecule has 0 bridgehead atoms. The van der Waals surface area contributed by atoms with E-state index >= 15 is 0 Å². The number of fused-ring (bicyclic) bond motifs is 1. The lowest BCUT2D eigenvalue weighted by atomic mass is 10.3. The zero-order chi connectivity index (χ0) is 10.1. The third-order valence-electron chi connectivity index (χ3n) is 2.08. The predicted molar refractivity (Wildman–Crippen MR) is 60.4 cm³/mol. The van der Waals surface area contributed by atoms with Crippen molar-refractivity contribution < 1.29 is 0 Å². The summed E-state index contributed by atoms with van der Waals surface area (Å²) in [6, 6.07) is 4.03. The Kier molecular flexibility index (Phi) is 2.21. The molecular weight excluding hydrogens is 194 g/mol. The maximum atomic E-state index is 5.47. The number of rotatable bonds is 2. The van der Waals surface area contributed by atoms with Crippen molar-refractivity contribution in [3.8, 4) is 0 Å². The highest BCUT2D eigenvalue weighted by Gasteiger charge is 2.03. The molecule has 2 heterocycles. The summed E-state index contributed by atoms with van der Waals surface area (Å²) in [4.78, 5) is 4.93. The van der Waals surface area contributed by atoms with Crippen LogP contribution in [0.5, 0.6) is 0 Å². The number of nitrogens with zero attached hydrogens (tertiary/aromatic N) is 2. The Bertz CT molecular complexity index is 487. The molecule has 72 valence electrons. The van der Waals surface area contributed by atoms with Gasteiger partial charge in [-0.1, -0.05) is 18.3 Å². The molecule has 0 saturated heterocycles. The van der Waals surface area contributed by atoms with Gasteiger partial charge in [0, 0.05) is 18.8 Å². The molecule has 4 heteroatoms. The van der Waals surface area contributed by atoms with Crippen LogP contribution in [0.3, 0.4) is 0 Å². The summed E-state index contributed by atoms with van der Waals surface area (Å²) in [5, 5.41) is 0. The van der Waals surface area contributed by atoms with Crippen LogP contribution in [0.1, 0.15) is 11.3 Å². The molecule has 0 unspecified atom stereocenters. The summed E-state index contributed by atoms with van der Waals surface area (Å²) in [5.41, 5.74) is 8.51. The fourth-order valence-corrected chi connectivity index (χ4v) is 1.62. The topological polar surface area (TPSA) is 43.3 Å². The first-order valence-electron chi connectivity index (χ1n) is 4.38. The van der Waals surface area contributed by atoms with Gasteiger partial charge in [-0.25, -0.2) is 4.98 Å². The smallest absolute Gasteiger partial charge is 0.139 e. The van der Waals surface area contributed by atoms with Crippen molar-refractivity contribution in [1.82, 2.24) is 9.38 Å². The maximum absolute atomic E-state index is 5.47. The molecule has 0 aliphatic heterocycles. The van der Waals surface area contributed by atoms with Crippen molar-refractivity contribution in [1.29, 1.82) is 0 Å². The quantitative estimate of drug-likeness (QED) is 0.755. The summed E-state index contributed by atoms with van der Waals surface area (Å²) in [6.45, 7) is 2.03. The fraction of sp³-hybridized carbons (Fsp3) is 0.200. The third kappa shape index (κ3) is 1.61. The highest BCUT2D eigenvalue weighted by Crippen LogP contribution is 2.10. The van der Waals surface area contributed by atoms with Gasteiger partial charge in [0.1, 0.15) is 5.65 Å². The van der Waals surface area contributed by atoms with Crippen LogP contribution >= 0.6 is 12.2 Å². The number of imidazole rings is 1. The molecule has 14 heavy (non-hydrogen) atoms. The van der Waals surface area contributed by atoms with Gasteiger partial charge >= 0.3 is 0 Å². The van der Waals surface area contributed by atoms with Crippen molar-refractivity contribution in [3.05, 3.63) is 35.8 Å². The number of nitrogens with two attached hydrogens (primary N) is 1. The zero-order valence-electron chi connectivity index (χ0n) is 7.90. The molecule has 3 nitrogen and oxygen atoms in total. The monoisotopic (exact) mass is 205 g/mol. The Balaban J connectivity index is 2.51. The Morgan fingerprint density at radius 1 is 1.64 bits per heavy atom. The lowest BCUT2D eigenvalue weighted by Gasteiger charge is -1.94. The highest BCUT2D eigenvalue weighted by molar-refractivity contribution is 7.80. The van der Waals surface area contributed by atoms with E-state index in [1.807, 2.05) is 35.9 Å². The van der Waals surface area contributed by atoms with E-state index < -0.39 is 0 Å². The van der Waals surface area contributed by atoms with Gasteiger partial charge in [-0.2, -0.15) is 0 Å². The van der Waals surface area contributed by atoms with Gasteiger partial charge in [0.05, 0.1) is 10.7 Å². The largest absolute Gasteiger partial charge is 0.393 e. The van der Waals surface area contributed by atoms with E-state index in [0.29, 0.717) is 11.4 Å². The first-order valence-corrected chi connectivity index (χ1v) is 4.79. The van der Waals surface area contributed by atoms with Crippen LogP contribution in [-0.2, 0) is 6.42 Å². The number of pyridine rings is 1. The van der Waals surface area contributed by atoms with Gasteiger partial charge in [-0.15, -0.1) is 0 Å². The zero-order valence-corrected chi connectivity index (χ0v) is 8.71. The van der Waals surface area contributed by atoms with E-state index in [1.165, 1.54) is 0 Å². The van der Waals surface area contributed by atoms with Crippen LogP contribution in [-0.4, -0.2) is 14.4 Å². The highest BCUT2D eigenvalue weighted by atomic mass is 32.1. The Morgan fingerprint density at radius 2 is 2.43 bits per heavy atom. The molecule has 0 aromatic carbocycles. The third-order valence-corrected chi connectivity index (χ3v) is 2.23. The predicted octanol–water partition coefficient (Wildman–Crippen LogP) is 1.47. The standard InChI is InChI=1S/C10H11N3S/c1-7-3-2-4-13-6-8(5-9(11)14)12-10(7)13/h2-4,6H,5H2,1H3,(H2,11,14). The minimum atomic E-state index is 0.478. The van der Waals surface area contributed by atoms with Crippen molar-refractivity contribution in [2.24, 2.45) is 5.73 Å². The van der Waals surface area contributed by atoms with Crippen LogP contribution in [0.2, 0.25) is 0 Å². The second-order valence-corrected chi connectivity index (χ2v) is 3.82. The molecule has 2 rings (SSSR count). The molecular formula is C10H11N3S. The van der Waals surface area contributed by atoms with E-state index in [1.54, 1.807) is 0 Å². The lowest BCUT2D eigenvalue weighted by Crippen LogP contribution is -2.11. The first-order chi connectivity index (χ1) is 6.66. The van der Waals surface area contributed by atoms with E-state index in [4.69, 9.17) is 18.0 Å². The van der Waals surface area contributed by atoms with E-state index in [0.717, 1.165) is 16.9 Å². The molecule has 0 radical (unpaired) electrons. The van der Waals surface area contributed by atoms with Gasteiger partial charge < -0.3 is 10.1 Å². The number of hydrogen-bond acceptors (Lipinski definition) is 2. The fourth-order valence-electron chi connectivity index (χ4n) is 1.47. The van der Waals surface area contributed by atoms with Crippen LogP contribution < -0.4 is 5.73 Å². The molecule has 0 aliphatic carbocycles. The van der Waals surface area contributed by atoms with Crippen LogP contribution in [0, 0.1) is 6.92 Å². The van der Waals surface area contributed by atoms with Gasteiger partial charge in [0.25, 0.3) is 0 Å².